The molecule has 7 heteroatoms. The fraction of sp³-hybridized carbons (Fsp3) is 0. The molecule has 0 bridgehead atoms. The Bertz CT molecular complexity index is 135. The van der Waals surface area contributed by atoms with Gasteiger partial charge in [0, 0.05) is 0 Å². The fourth-order valence-electron chi connectivity index (χ4n) is 0. The molecule has 0 atom stereocenters. The molecule has 7 heavy (non-hydrogen) atoms. The van der Waals surface area contributed by atoms with Gasteiger partial charge in [-0.05, 0) is 0 Å². The van der Waals surface area contributed by atoms with Crippen molar-refractivity contribution in [2.75, 3.05) is 0 Å². The van der Waals surface area contributed by atoms with Gasteiger partial charge in [0.1, 0.15) is 0 Å². The molecule has 0 aromatic carbocycles. The first-order chi connectivity index (χ1) is 3.15. The minimum absolute atomic E-state index is 2.27. The molecule has 40 valence electrons. The Labute approximate surface area is 52.2 Å². The average Bonchev–Trinajstić information content (AvgIpc) is 1.33. The van der Waals surface area contributed by atoms with Crippen molar-refractivity contribution in [2.45, 2.75) is 0 Å². The standard InChI is InChI=1S/O3S.2O.Zr/c1-4(2)3;;;. The van der Waals surface area contributed by atoms with Gasteiger partial charge in [-0.15, -0.1) is 12.6 Å². The Morgan fingerprint density at radius 1 is 1.00 bits per heavy atom. The quantitative estimate of drug-likeness (QED) is 0.491. The van der Waals surface area contributed by atoms with Crippen LogP contribution in [0.25, 0.3) is 0 Å². The van der Waals surface area contributed by atoms with Crippen LogP contribution in [0.5, 0.6) is 0 Å². The second-order valence-electron chi connectivity index (χ2n) is 0.287. The van der Waals surface area contributed by atoms with Crippen LogP contribution in [0.3, 0.4) is 0 Å². The molecule has 0 unspecified atom stereocenters. The van der Waals surface area contributed by atoms with Gasteiger partial charge in [0.2, 0.25) is 0 Å². The zero-order valence-electron chi connectivity index (χ0n) is 2.95. The summed E-state index contributed by atoms with van der Waals surface area (Å²) in [7, 11) is -3.11. The molecular weight excluding hydrogens is 203 g/mol. The molecule has 0 saturated carbocycles. The third kappa shape index (κ3) is 9660. The summed E-state index contributed by atoms with van der Waals surface area (Å²) in [5.41, 5.74) is 0. The van der Waals surface area contributed by atoms with Crippen molar-refractivity contribution in [3.05, 3.63) is 0 Å². The Morgan fingerprint density at radius 2 is 1.00 bits per heavy atom. The van der Waals surface area contributed by atoms with Crippen molar-refractivity contribution in [3.63, 3.8) is 0 Å². The first kappa shape index (κ1) is 10.2. The number of hydrogen-bond donors (Lipinski definition) is 0. The Hall–Kier alpha value is 0.103. The summed E-state index contributed by atoms with van der Waals surface area (Å²) in [4.78, 5) is 0. The van der Waals surface area contributed by atoms with Crippen molar-refractivity contribution in [1.82, 2.24) is 0 Å². The minimum atomic E-state index is -3.11. The van der Waals surface area contributed by atoms with Gasteiger partial charge in [0.05, 0.1) is 0 Å². The average molecular weight is 203 g/mol. The summed E-state index contributed by atoms with van der Waals surface area (Å²) in [5, 5.41) is 0. The van der Waals surface area contributed by atoms with Crippen molar-refractivity contribution < 1.29 is 41.5 Å². The van der Waals surface area contributed by atoms with Crippen LogP contribution in [0.1, 0.15) is 0 Å². The van der Waals surface area contributed by atoms with E-state index in [-0.39, 0.29) is 0 Å². The topological polar surface area (TPSA) is 85.3 Å². The first-order valence-corrected chi connectivity index (χ1v) is 3.92. The zero-order valence-corrected chi connectivity index (χ0v) is 6.22. The number of hydrogen-bond acceptors (Lipinski definition) is 5. The maximum absolute atomic E-state index is 8.54. The Balaban J connectivity index is 0. The van der Waals surface area contributed by atoms with Crippen LogP contribution in [-0.4, -0.2) is 12.6 Å². The van der Waals surface area contributed by atoms with Crippen LogP contribution >= 0.6 is 0 Å². The Kier molecular flexibility index (Phi) is 13.7. The van der Waals surface area contributed by atoms with E-state index in [1.165, 1.54) is 0 Å². The maximum atomic E-state index is 8.54. The second-order valence-corrected chi connectivity index (χ2v) is 1.11. The van der Waals surface area contributed by atoms with Crippen LogP contribution < -0.4 is 0 Å². The first-order valence-electron chi connectivity index (χ1n) is 0.908. The van der Waals surface area contributed by atoms with Crippen LogP contribution in [0, 0.1) is 0 Å². The van der Waals surface area contributed by atoms with Gasteiger partial charge in [-0.2, -0.15) is 0 Å². The van der Waals surface area contributed by atoms with Gasteiger partial charge in [-0.3, -0.25) is 0 Å². The van der Waals surface area contributed by atoms with Crippen molar-refractivity contribution in [3.8, 4) is 0 Å². The van der Waals surface area contributed by atoms with E-state index in [0.29, 0.717) is 0 Å². The van der Waals surface area contributed by atoms with E-state index >= 15 is 0 Å². The van der Waals surface area contributed by atoms with Gasteiger partial charge >= 0.3 is 39.5 Å². The van der Waals surface area contributed by atoms with Crippen LogP contribution in [-0.2, 0) is 39.5 Å². The third-order valence-corrected chi connectivity index (χ3v) is 0. The van der Waals surface area contributed by atoms with Crippen molar-refractivity contribution >= 4 is 10.6 Å². The van der Waals surface area contributed by atoms with E-state index in [9.17, 15) is 0 Å². The van der Waals surface area contributed by atoms with E-state index in [4.69, 9.17) is 18.3 Å². The van der Waals surface area contributed by atoms with E-state index in [1.54, 1.807) is 0 Å². The van der Waals surface area contributed by atoms with E-state index in [0.717, 1.165) is 0 Å². The van der Waals surface area contributed by atoms with Gasteiger partial charge in [0.25, 0.3) is 0 Å². The molecule has 0 aromatic rings. The molecule has 0 heterocycles. The molecule has 0 amide bonds. The van der Waals surface area contributed by atoms with Crippen molar-refractivity contribution in [1.29, 1.82) is 0 Å². The fourth-order valence-corrected chi connectivity index (χ4v) is 0. The third-order valence-electron chi connectivity index (χ3n) is 0. The molecule has 0 rings (SSSR count). The molecule has 0 radical (unpaired) electrons. The molecule has 0 aliphatic rings. The number of rotatable bonds is 0. The van der Waals surface area contributed by atoms with Crippen molar-refractivity contribution in [2.24, 2.45) is 0 Å². The zero-order chi connectivity index (χ0) is 6.28. The molecule has 0 aromatic heterocycles. The normalized spacial score (nSPS) is 4.57. The van der Waals surface area contributed by atoms with Crippen LogP contribution in [0.2, 0.25) is 0 Å². The molecule has 0 fully saturated rings. The van der Waals surface area contributed by atoms with E-state index in [2.05, 4.69) is 0 Å². The molecule has 0 N–H and O–H groups in total. The molecule has 5 nitrogen and oxygen atoms in total. The molecule has 0 aliphatic heterocycles. The van der Waals surface area contributed by atoms with Gasteiger partial charge < -0.3 is 0 Å². The van der Waals surface area contributed by atoms with Gasteiger partial charge in [0.15, 0.2) is 0 Å². The van der Waals surface area contributed by atoms with E-state index in [1.807, 2.05) is 0 Å². The predicted molar refractivity (Wildman–Crippen MR) is 11.1 cm³/mol. The predicted octanol–water partition coefficient (Wildman–Crippen LogP) is -1.24. The molecular formula is O5SZr. The summed E-state index contributed by atoms with van der Waals surface area (Å²) in [6, 6.07) is 0. The second kappa shape index (κ2) is 9.44. The van der Waals surface area contributed by atoms with Gasteiger partial charge in [-0.1, -0.05) is 0 Å². The monoisotopic (exact) mass is 202 g/mol. The summed E-state index contributed by atoms with van der Waals surface area (Å²) in [6.45, 7) is 0. The van der Waals surface area contributed by atoms with Crippen LogP contribution in [0.15, 0.2) is 0 Å². The molecule has 0 saturated heterocycles. The Morgan fingerprint density at radius 3 is 1.00 bits per heavy atom. The molecule has 0 aliphatic carbocycles. The van der Waals surface area contributed by atoms with E-state index < -0.39 is 33.9 Å². The SMILES string of the molecule is O=S(=O)=O.[O]=[Zr]=[O]. The van der Waals surface area contributed by atoms with Crippen LogP contribution in [0.4, 0.5) is 0 Å². The molecule has 0 spiro atoms. The summed E-state index contributed by atoms with van der Waals surface area (Å²) < 4.78 is 42.4. The summed E-state index contributed by atoms with van der Waals surface area (Å²) in [5.74, 6) is 0. The van der Waals surface area contributed by atoms with Gasteiger partial charge in [-0.25, -0.2) is 0 Å². The summed E-state index contributed by atoms with van der Waals surface area (Å²) >= 11 is -2.27. The summed E-state index contributed by atoms with van der Waals surface area (Å²) in [6.07, 6.45) is 0.